The van der Waals surface area contributed by atoms with Crippen molar-refractivity contribution in [1.82, 2.24) is 0 Å². The Kier molecular flexibility index (Phi) is 5.08. The van der Waals surface area contributed by atoms with Crippen molar-refractivity contribution in [1.29, 1.82) is 0 Å². The van der Waals surface area contributed by atoms with Gasteiger partial charge in [0.1, 0.15) is 6.10 Å². The molecule has 0 heterocycles. The van der Waals surface area contributed by atoms with E-state index in [4.69, 9.17) is 0 Å². The highest BCUT2D eigenvalue weighted by molar-refractivity contribution is 5.94. The molecule has 122 valence electrons. The summed E-state index contributed by atoms with van der Waals surface area (Å²) in [6.45, 7) is 8.35. The highest BCUT2D eigenvalue weighted by Gasteiger charge is 2.55. The van der Waals surface area contributed by atoms with Gasteiger partial charge in [0, 0.05) is 0 Å². The van der Waals surface area contributed by atoms with E-state index >= 15 is 0 Å². The zero-order chi connectivity index (χ0) is 16.5. The molecule has 4 unspecified atom stereocenters. The number of carbonyl (C=O) groups is 1. The van der Waals surface area contributed by atoms with E-state index in [0.29, 0.717) is 18.3 Å². The number of aliphatic hydroxyl groups excluding tert-OH is 2. The average molecular weight is 304 g/mol. The van der Waals surface area contributed by atoms with E-state index in [-0.39, 0.29) is 11.2 Å². The predicted molar refractivity (Wildman–Crippen MR) is 88.3 cm³/mol. The number of hydrogen-bond acceptors (Lipinski definition) is 3. The molecule has 3 heteroatoms. The molecule has 2 rings (SSSR count). The molecule has 2 N–H and O–H groups in total. The summed E-state index contributed by atoms with van der Waals surface area (Å²) < 4.78 is 0. The van der Waals surface area contributed by atoms with Crippen LogP contribution in [0.5, 0.6) is 0 Å². The minimum atomic E-state index is -1.11. The van der Waals surface area contributed by atoms with E-state index in [0.717, 1.165) is 18.4 Å². The number of aliphatic hydroxyl groups is 2. The van der Waals surface area contributed by atoms with E-state index < -0.39 is 12.2 Å². The summed E-state index contributed by atoms with van der Waals surface area (Å²) in [5.41, 5.74) is 2.25. The fraction of sp³-hybridized carbons (Fsp3) is 0.632. The molecular weight excluding hydrogens is 276 g/mol. The minimum absolute atomic E-state index is 0.215. The molecule has 0 aliphatic heterocycles. The SMILES string of the molecule is C/C1=C/C(O)C/C(C)=C\C(O)C(=O)/C=C\C2C(CC1)C2(C)C. The average Bonchev–Trinajstić information content (AvgIpc) is 2.92. The second kappa shape index (κ2) is 6.51. The van der Waals surface area contributed by atoms with Crippen LogP contribution in [0.25, 0.3) is 0 Å². The molecule has 0 saturated heterocycles. The Morgan fingerprint density at radius 1 is 1.14 bits per heavy atom. The molecule has 2 aliphatic rings. The summed E-state index contributed by atoms with van der Waals surface area (Å²) in [7, 11) is 0. The van der Waals surface area contributed by atoms with Crippen LogP contribution in [0.1, 0.15) is 47.0 Å². The maximum Gasteiger partial charge on any atom is 0.187 e. The molecule has 3 nitrogen and oxygen atoms in total. The summed E-state index contributed by atoms with van der Waals surface area (Å²) in [6.07, 6.45) is 7.78. The number of carbonyl (C=O) groups excluding carboxylic acids is 1. The van der Waals surface area contributed by atoms with Crippen LogP contribution >= 0.6 is 0 Å². The van der Waals surface area contributed by atoms with Gasteiger partial charge in [-0.2, -0.15) is 0 Å². The fourth-order valence-corrected chi connectivity index (χ4v) is 3.62. The zero-order valence-corrected chi connectivity index (χ0v) is 14.0. The molecule has 4 atom stereocenters. The lowest BCUT2D eigenvalue weighted by Crippen LogP contribution is -2.16. The van der Waals surface area contributed by atoms with Crippen molar-refractivity contribution < 1.29 is 15.0 Å². The summed E-state index contributed by atoms with van der Waals surface area (Å²) in [6, 6.07) is 0. The van der Waals surface area contributed by atoms with Gasteiger partial charge in [-0.25, -0.2) is 0 Å². The third-order valence-corrected chi connectivity index (χ3v) is 5.20. The molecule has 0 spiro atoms. The summed E-state index contributed by atoms with van der Waals surface area (Å²) in [5, 5.41) is 20.0. The lowest BCUT2D eigenvalue weighted by Gasteiger charge is -2.11. The molecule has 0 aromatic heterocycles. The lowest BCUT2D eigenvalue weighted by molar-refractivity contribution is -0.120. The first-order valence-electron chi connectivity index (χ1n) is 8.14. The van der Waals surface area contributed by atoms with E-state index in [2.05, 4.69) is 20.8 Å². The van der Waals surface area contributed by atoms with Crippen molar-refractivity contribution in [2.24, 2.45) is 17.3 Å². The lowest BCUT2D eigenvalue weighted by atomic mass is 10.0. The van der Waals surface area contributed by atoms with Crippen LogP contribution in [0.3, 0.4) is 0 Å². The molecule has 2 aliphatic carbocycles. The number of ketones is 1. The predicted octanol–water partition coefficient (Wildman–Crippen LogP) is 3.18. The van der Waals surface area contributed by atoms with Gasteiger partial charge >= 0.3 is 0 Å². The number of rotatable bonds is 0. The van der Waals surface area contributed by atoms with Crippen LogP contribution in [-0.4, -0.2) is 28.2 Å². The van der Waals surface area contributed by atoms with Crippen LogP contribution in [0.4, 0.5) is 0 Å². The quantitative estimate of drug-likeness (QED) is 0.676. The largest absolute Gasteiger partial charge is 0.389 e. The number of fused-ring (bicyclic) bond motifs is 1. The molecular formula is C19H28O3. The normalized spacial score (nSPS) is 42.2. The van der Waals surface area contributed by atoms with Crippen LogP contribution in [-0.2, 0) is 4.79 Å². The Hall–Kier alpha value is -1.19. The van der Waals surface area contributed by atoms with E-state index in [1.807, 2.05) is 19.1 Å². The zero-order valence-electron chi connectivity index (χ0n) is 14.0. The van der Waals surface area contributed by atoms with Crippen LogP contribution in [0.2, 0.25) is 0 Å². The van der Waals surface area contributed by atoms with Crippen molar-refractivity contribution in [3.8, 4) is 0 Å². The van der Waals surface area contributed by atoms with Gasteiger partial charge in [0.05, 0.1) is 6.10 Å². The van der Waals surface area contributed by atoms with Crippen molar-refractivity contribution in [2.75, 3.05) is 0 Å². The van der Waals surface area contributed by atoms with Gasteiger partial charge < -0.3 is 10.2 Å². The molecule has 1 fully saturated rings. The van der Waals surface area contributed by atoms with Gasteiger partial charge in [0.15, 0.2) is 5.78 Å². The minimum Gasteiger partial charge on any atom is -0.389 e. The Bertz CT molecular complexity index is 525. The molecule has 0 radical (unpaired) electrons. The number of hydrogen-bond donors (Lipinski definition) is 2. The number of allylic oxidation sites excluding steroid dienone is 2. The Balaban J connectivity index is 2.22. The monoisotopic (exact) mass is 304 g/mol. The maximum atomic E-state index is 12.0. The van der Waals surface area contributed by atoms with Crippen LogP contribution < -0.4 is 0 Å². The molecule has 0 aromatic rings. The topological polar surface area (TPSA) is 57.5 Å². The van der Waals surface area contributed by atoms with Gasteiger partial charge in [-0.3, -0.25) is 4.79 Å². The molecule has 22 heavy (non-hydrogen) atoms. The van der Waals surface area contributed by atoms with Gasteiger partial charge in [-0.05, 0) is 62.5 Å². The summed E-state index contributed by atoms with van der Waals surface area (Å²) in [4.78, 5) is 12.0. The Labute approximate surface area is 133 Å². The molecule has 1 saturated carbocycles. The molecule has 0 amide bonds. The standard InChI is InChI=1S/C19H28O3/c1-12-5-6-15-16(19(15,3)4)7-8-17(21)18(22)11-13(2)10-14(20)9-12/h7-9,11,14-16,18,20,22H,5-6,10H2,1-4H3/b8-7-,12-9-,13-11-. The second-order valence-corrected chi connectivity index (χ2v) is 7.50. The fourth-order valence-electron chi connectivity index (χ4n) is 3.62. The molecule has 0 aromatic carbocycles. The van der Waals surface area contributed by atoms with Crippen LogP contribution in [0.15, 0.2) is 35.5 Å². The highest BCUT2D eigenvalue weighted by atomic mass is 16.3. The van der Waals surface area contributed by atoms with E-state index in [1.54, 1.807) is 6.08 Å². The van der Waals surface area contributed by atoms with E-state index in [1.165, 1.54) is 11.6 Å². The first-order valence-corrected chi connectivity index (χ1v) is 8.14. The Morgan fingerprint density at radius 2 is 1.82 bits per heavy atom. The third-order valence-electron chi connectivity index (χ3n) is 5.20. The smallest absolute Gasteiger partial charge is 0.187 e. The van der Waals surface area contributed by atoms with Crippen molar-refractivity contribution in [3.63, 3.8) is 0 Å². The summed E-state index contributed by atoms with van der Waals surface area (Å²) in [5.74, 6) is 0.683. The van der Waals surface area contributed by atoms with Crippen molar-refractivity contribution >= 4 is 5.78 Å². The third kappa shape index (κ3) is 3.96. The van der Waals surface area contributed by atoms with Gasteiger partial charge in [-0.15, -0.1) is 0 Å². The van der Waals surface area contributed by atoms with Gasteiger partial charge in [0.2, 0.25) is 0 Å². The Morgan fingerprint density at radius 3 is 2.50 bits per heavy atom. The van der Waals surface area contributed by atoms with Crippen LogP contribution in [0, 0.1) is 17.3 Å². The first kappa shape index (κ1) is 17.2. The maximum absolute atomic E-state index is 12.0. The van der Waals surface area contributed by atoms with Crippen molar-refractivity contribution in [3.05, 3.63) is 35.5 Å². The van der Waals surface area contributed by atoms with Gasteiger partial charge in [-0.1, -0.05) is 37.1 Å². The summed E-state index contributed by atoms with van der Waals surface area (Å²) >= 11 is 0. The first-order chi connectivity index (χ1) is 10.2. The van der Waals surface area contributed by atoms with E-state index in [9.17, 15) is 15.0 Å². The van der Waals surface area contributed by atoms with Gasteiger partial charge in [0.25, 0.3) is 0 Å². The molecule has 0 bridgehead atoms. The highest BCUT2D eigenvalue weighted by Crippen LogP contribution is 2.61. The second-order valence-electron chi connectivity index (χ2n) is 7.50. The van der Waals surface area contributed by atoms with Crippen molar-refractivity contribution in [2.45, 2.75) is 59.2 Å².